The van der Waals surface area contributed by atoms with Crippen molar-refractivity contribution in [3.8, 4) is 0 Å². The molecule has 0 unspecified atom stereocenters. The van der Waals surface area contributed by atoms with Crippen LogP contribution in [0.5, 0.6) is 0 Å². The third kappa shape index (κ3) is 7.47. The first-order valence-corrected chi connectivity index (χ1v) is 8.42. The molecule has 0 saturated carbocycles. The molecule has 1 aromatic heterocycles. The molecule has 1 aromatic rings. The van der Waals surface area contributed by atoms with Crippen molar-refractivity contribution < 1.29 is 4.79 Å². The minimum Gasteiger partial charge on any atom is -0.356 e. The zero-order chi connectivity index (χ0) is 14.2. The average Bonchev–Trinajstić information content (AvgIpc) is 2.88. The minimum atomic E-state index is 0. The van der Waals surface area contributed by atoms with E-state index in [9.17, 15) is 4.79 Å². The number of rotatable bonds is 7. The molecule has 2 N–H and O–H groups in total. The molecular formula is C14H23Cl2N3OS. The highest BCUT2D eigenvalue weighted by molar-refractivity contribution is 7.10. The zero-order valence-electron chi connectivity index (χ0n) is 12.1. The molecule has 2 rings (SSSR count). The van der Waals surface area contributed by atoms with Gasteiger partial charge in [-0.05, 0) is 25.5 Å². The quantitative estimate of drug-likeness (QED) is 0.740. The van der Waals surface area contributed by atoms with Gasteiger partial charge in [0.25, 0.3) is 0 Å². The summed E-state index contributed by atoms with van der Waals surface area (Å²) in [6.45, 7) is 6.24. The van der Waals surface area contributed by atoms with E-state index < -0.39 is 0 Å². The molecule has 2 heterocycles. The van der Waals surface area contributed by atoms with Gasteiger partial charge in [0.05, 0.1) is 5.02 Å². The Morgan fingerprint density at radius 3 is 2.86 bits per heavy atom. The Morgan fingerprint density at radius 2 is 2.19 bits per heavy atom. The maximum atomic E-state index is 11.7. The van der Waals surface area contributed by atoms with Gasteiger partial charge in [-0.3, -0.25) is 4.79 Å². The molecule has 1 aliphatic heterocycles. The molecule has 0 atom stereocenters. The summed E-state index contributed by atoms with van der Waals surface area (Å²) in [5, 5.41) is 9.00. The van der Waals surface area contributed by atoms with Crippen LogP contribution in [0.4, 0.5) is 0 Å². The van der Waals surface area contributed by atoms with Crippen LogP contribution >= 0.6 is 35.3 Å². The van der Waals surface area contributed by atoms with Crippen molar-refractivity contribution in [2.75, 3.05) is 39.3 Å². The lowest BCUT2D eigenvalue weighted by molar-refractivity contribution is -0.121. The Kier molecular flexibility index (Phi) is 9.27. The van der Waals surface area contributed by atoms with Crippen LogP contribution in [0.25, 0.3) is 0 Å². The van der Waals surface area contributed by atoms with Crippen LogP contribution in [-0.4, -0.2) is 50.1 Å². The van der Waals surface area contributed by atoms with Crippen LogP contribution in [0.3, 0.4) is 0 Å². The molecule has 1 amide bonds. The number of hydrogen-bond acceptors (Lipinski definition) is 4. The third-order valence-electron chi connectivity index (χ3n) is 3.40. The average molecular weight is 352 g/mol. The van der Waals surface area contributed by atoms with Gasteiger partial charge in [0.1, 0.15) is 0 Å². The van der Waals surface area contributed by atoms with E-state index in [1.165, 1.54) is 4.88 Å². The molecule has 0 spiro atoms. The Hall–Kier alpha value is -0.330. The summed E-state index contributed by atoms with van der Waals surface area (Å²) >= 11 is 7.47. The number of aryl methyl sites for hydroxylation is 1. The largest absolute Gasteiger partial charge is 0.356 e. The maximum Gasteiger partial charge on any atom is 0.220 e. The highest BCUT2D eigenvalue weighted by atomic mass is 35.5. The first-order chi connectivity index (χ1) is 9.74. The molecule has 0 aliphatic carbocycles. The van der Waals surface area contributed by atoms with Crippen LogP contribution in [0, 0.1) is 0 Å². The highest BCUT2D eigenvalue weighted by Crippen LogP contribution is 2.20. The molecule has 120 valence electrons. The van der Waals surface area contributed by atoms with E-state index in [-0.39, 0.29) is 18.3 Å². The van der Waals surface area contributed by atoms with Gasteiger partial charge >= 0.3 is 0 Å². The summed E-state index contributed by atoms with van der Waals surface area (Å²) in [7, 11) is 0. The summed E-state index contributed by atoms with van der Waals surface area (Å²) < 4.78 is 0. The van der Waals surface area contributed by atoms with Gasteiger partial charge in [0.15, 0.2) is 0 Å². The van der Waals surface area contributed by atoms with E-state index in [2.05, 4.69) is 15.5 Å². The number of amides is 1. The predicted octanol–water partition coefficient (Wildman–Crippen LogP) is 2.17. The standard InChI is InChI=1S/C14H22ClN3OS.ClH/c15-12-10-13(20-11-12)2-3-14(19)17-4-1-7-18-8-5-16-6-9-18;/h10-11,16H,1-9H2,(H,17,19);1H. The second-order valence-electron chi connectivity index (χ2n) is 5.03. The normalized spacial score (nSPS) is 15.5. The van der Waals surface area contributed by atoms with Crippen molar-refractivity contribution in [3.63, 3.8) is 0 Å². The molecule has 0 bridgehead atoms. The lowest BCUT2D eigenvalue weighted by Crippen LogP contribution is -2.44. The Labute approximate surface area is 141 Å². The molecule has 7 heteroatoms. The number of hydrogen-bond donors (Lipinski definition) is 2. The molecular weight excluding hydrogens is 329 g/mol. The lowest BCUT2D eigenvalue weighted by atomic mass is 10.2. The molecule has 1 aliphatic rings. The van der Waals surface area contributed by atoms with Gasteiger partial charge in [-0.25, -0.2) is 0 Å². The van der Waals surface area contributed by atoms with Gasteiger partial charge in [-0.1, -0.05) is 11.6 Å². The summed E-state index contributed by atoms with van der Waals surface area (Å²) in [4.78, 5) is 15.3. The number of carbonyl (C=O) groups is 1. The fourth-order valence-electron chi connectivity index (χ4n) is 2.28. The summed E-state index contributed by atoms with van der Waals surface area (Å²) in [5.41, 5.74) is 0. The number of nitrogens with zero attached hydrogens (tertiary/aromatic N) is 1. The highest BCUT2D eigenvalue weighted by Gasteiger charge is 2.09. The summed E-state index contributed by atoms with van der Waals surface area (Å²) in [6.07, 6.45) is 2.35. The number of nitrogens with one attached hydrogen (secondary N) is 2. The second-order valence-corrected chi connectivity index (χ2v) is 6.46. The Morgan fingerprint density at radius 1 is 1.43 bits per heavy atom. The Bertz CT molecular complexity index is 422. The molecule has 1 saturated heterocycles. The van der Waals surface area contributed by atoms with Gasteiger partial charge in [-0.2, -0.15) is 0 Å². The predicted molar refractivity (Wildman–Crippen MR) is 91.8 cm³/mol. The van der Waals surface area contributed by atoms with Crippen LogP contribution < -0.4 is 10.6 Å². The van der Waals surface area contributed by atoms with E-state index >= 15 is 0 Å². The minimum absolute atomic E-state index is 0. The van der Waals surface area contributed by atoms with Crippen molar-refractivity contribution in [3.05, 3.63) is 21.3 Å². The third-order valence-corrected chi connectivity index (χ3v) is 4.75. The van der Waals surface area contributed by atoms with Gasteiger partial charge < -0.3 is 15.5 Å². The Balaban J connectivity index is 0.00000220. The van der Waals surface area contributed by atoms with Crippen molar-refractivity contribution in [1.82, 2.24) is 15.5 Å². The van der Waals surface area contributed by atoms with Crippen LogP contribution in [0.1, 0.15) is 17.7 Å². The van der Waals surface area contributed by atoms with E-state index in [1.54, 1.807) is 11.3 Å². The fraction of sp³-hybridized carbons (Fsp3) is 0.643. The topological polar surface area (TPSA) is 44.4 Å². The summed E-state index contributed by atoms with van der Waals surface area (Å²) in [5.74, 6) is 0.134. The summed E-state index contributed by atoms with van der Waals surface area (Å²) in [6, 6.07) is 1.93. The van der Waals surface area contributed by atoms with Gasteiger partial charge in [0, 0.05) is 49.4 Å². The van der Waals surface area contributed by atoms with Gasteiger partial charge in [-0.15, -0.1) is 23.7 Å². The van der Waals surface area contributed by atoms with E-state index in [0.29, 0.717) is 6.42 Å². The number of halogens is 2. The monoisotopic (exact) mass is 351 g/mol. The van der Waals surface area contributed by atoms with Crippen molar-refractivity contribution in [1.29, 1.82) is 0 Å². The van der Waals surface area contributed by atoms with Crippen molar-refractivity contribution >= 4 is 41.3 Å². The van der Waals surface area contributed by atoms with Gasteiger partial charge in [0.2, 0.25) is 5.91 Å². The zero-order valence-corrected chi connectivity index (χ0v) is 14.5. The number of piperazine rings is 1. The molecule has 0 aromatic carbocycles. The first kappa shape index (κ1) is 18.7. The molecule has 21 heavy (non-hydrogen) atoms. The van der Waals surface area contributed by atoms with E-state index in [4.69, 9.17) is 11.6 Å². The van der Waals surface area contributed by atoms with Crippen LogP contribution in [-0.2, 0) is 11.2 Å². The number of thiophene rings is 1. The second kappa shape index (κ2) is 10.4. The lowest BCUT2D eigenvalue weighted by Gasteiger charge is -2.27. The van der Waals surface area contributed by atoms with Crippen molar-refractivity contribution in [2.45, 2.75) is 19.3 Å². The van der Waals surface area contributed by atoms with Crippen LogP contribution in [0.15, 0.2) is 11.4 Å². The first-order valence-electron chi connectivity index (χ1n) is 7.17. The van der Waals surface area contributed by atoms with E-state index in [1.807, 2.05) is 11.4 Å². The van der Waals surface area contributed by atoms with E-state index in [0.717, 1.165) is 57.1 Å². The molecule has 4 nitrogen and oxygen atoms in total. The molecule has 1 fully saturated rings. The SMILES string of the molecule is Cl.O=C(CCc1cc(Cl)cs1)NCCCN1CCNCC1. The van der Waals surface area contributed by atoms with Crippen molar-refractivity contribution in [2.24, 2.45) is 0 Å². The smallest absolute Gasteiger partial charge is 0.220 e. The molecule has 0 radical (unpaired) electrons. The van der Waals surface area contributed by atoms with Crippen LogP contribution in [0.2, 0.25) is 5.02 Å². The fourth-order valence-corrected chi connectivity index (χ4v) is 3.35. The maximum absolute atomic E-state index is 11.7. The number of carbonyl (C=O) groups excluding carboxylic acids is 1.